The van der Waals surface area contributed by atoms with Crippen LogP contribution >= 0.6 is 0 Å². The van der Waals surface area contributed by atoms with E-state index in [4.69, 9.17) is 4.98 Å². The molecule has 0 saturated heterocycles. The van der Waals surface area contributed by atoms with Crippen LogP contribution in [-0.2, 0) is 0 Å². The number of halogens is 1. The average Bonchev–Trinajstić information content (AvgIpc) is 3.43. The van der Waals surface area contributed by atoms with Gasteiger partial charge in [-0.05, 0) is 59.7 Å². The molecule has 4 heterocycles. The Labute approximate surface area is 176 Å². The van der Waals surface area contributed by atoms with Gasteiger partial charge in [0, 0.05) is 28.9 Å². The minimum Gasteiger partial charge on any atom is -0.353 e. The van der Waals surface area contributed by atoms with Crippen LogP contribution < -0.4 is 0 Å². The number of H-pyrrole nitrogens is 2. The summed E-state index contributed by atoms with van der Waals surface area (Å²) in [4.78, 5) is 12.5. The van der Waals surface area contributed by atoms with Gasteiger partial charge in [0.25, 0.3) is 0 Å². The van der Waals surface area contributed by atoms with Crippen LogP contribution in [0.1, 0.15) is 0 Å². The van der Waals surface area contributed by atoms with Gasteiger partial charge in [0.2, 0.25) is 0 Å². The fourth-order valence-electron chi connectivity index (χ4n) is 3.93. The molecule has 0 amide bonds. The molecule has 0 spiro atoms. The third-order valence-electron chi connectivity index (χ3n) is 5.44. The largest absolute Gasteiger partial charge is 0.353 e. The van der Waals surface area contributed by atoms with Crippen LogP contribution in [-0.4, -0.2) is 25.1 Å². The van der Waals surface area contributed by atoms with E-state index in [1.807, 2.05) is 42.5 Å². The van der Waals surface area contributed by atoms with Gasteiger partial charge in [-0.3, -0.25) is 10.1 Å². The Kier molecular flexibility index (Phi) is 3.89. The number of benzene rings is 2. The van der Waals surface area contributed by atoms with E-state index in [9.17, 15) is 4.39 Å². The Morgan fingerprint density at radius 2 is 1.71 bits per heavy atom. The molecular formula is C25H16FN5. The molecule has 0 fully saturated rings. The van der Waals surface area contributed by atoms with Crippen LogP contribution in [0.25, 0.3) is 55.7 Å². The molecule has 0 aliphatic rings. The Hall–Kier alpha value is -4.32. The fraction of sp³-hybridized carbons (Fsp3) is 0. The minimum absolute atomic E-state index is 0.246. The molecule has 4 aromatic heterocycles. The number of nitrogens with one attached hydrogen (secondary N) is 2. The summed E-state index contributed by atoms with van der Waals surface area (Å²) in [5.74, 6) is -0.246. The van der Waals surface area contributed by atoms with E-state index in [1.165, 1.54) is 12.1 Å². The van der Waals surface area contributed by atoms with Gasteiger partial charge in [-0.1, -0.05) is 24.3 Å². The number of aromatic amines is 2. The monoisotopic (exact) mass is 405 g/mol. The molecule has 0 unspecified atom stereocenters. The summed E-state index contributed by atoms with van der Waals surface area (Å²) in [7, 11) is 0. The number of aromatic nitrogens is 5. The van der Waals surface area contributed by atoms with Crippen molar-refractivity contribution >= 4 is 21.9 Å². The third kappa shape index (κ3) is 2.97. The van der Waals surface area contributed by atoms with Crippen LogP contribution in [0.4, 0.5) is 4.39 Å². The average molecular weight is 405 g/mol. The van der Waals surface area contributed by atoms with Gasteiger partial charge < -0.3 is 4.98 Å². The first-order valence-corrected chi connectivity index (χ1v) is 9.90. The number of pyridine rings is 2. The zero-order valence-electron chi connectivity index (χ0n) is 16.3. The number of fused-ring (bicyclic) bond motifs is 2. The normalized spacial score (nSPS) is 11.4. The second kappa shape index (κ2) is 6.88. The van der Waals surface area contributed by atoms with Crippen molar-refractivity contribution in [1.29, 1.82) is 0 Å². The van der Waals surface area contributed by atoms with Gasteiger partial charge in [0.1, 0.15) is 17.0 Å². The van der Waals surface area contributed by atoms with Crippen molar-refractivity contribution < 1.29 is 4.39 Å². The van der Waals surface area contributed by atoms with Crippen molar-refractivity contribution in [3.8, 4) is 33.8 Å². The number of hydrogen-bond acceptors (Lipinski definition) is 3. The van der Waals surface area contributed by atoms with Crippen molar-refractivity contribution in [2.75, 3.05) is 0 Å². The second-order valence-electron chi connectivity index (χ2n) is 7.36. The topological polar surface area (TPSA) is 70.2 Å². The summed E-state index contributed by atoms with van der Waals surface area (Å²) in [6.07, 6.45) is 3.54. The first kappa shape index (κ1) is 17.5. The highest BCUT2D eigenvalue weighted by atomic mass is 19.1. The van der Waals surface area contributed by atoms with Gasteiger partial charge in [-0.15, -0.1) is 0 Å². The Morgan fingerprint density at radius 3 is 2.55 bits per heavy atom. The van der Waals surface area contributed by atoms with Gasteiger partial charge in [0.05, 0.1) is 16.9 Å². The van der Waals surface area contributed by atoms with Crippen LogP contribution in [0.3, 0.4) is 0 Å². The predicted octanol–water partition coefficient (Wildman–Crippen LogP) is 5.97. The van der Waals surface area contributed by atoms with Crippen molar-refractivity contribution in [3.63, 3.8) is 0 Å². The molecule has 0 aliphatic heterocycles. The quantitative estimate of drug-likeness (QED) is 0.381. The van der Waals surface area contributed by atoms with E-state index in [2.05, 4.69) is 26.2 Å². The summed E-state index contributed by atoms with van der Waals surface area (Å²) in [5.41, 5.74) is 8.03. The van der Waals surface area contributed by atoms with E-state index in [0.717, 1.165) is 55.7 Å². The number of nitrogens with zero attached hydrogens (tertiary/aromatic N) is 3. The molecule has 0 radical (unpaired) electrons. The summed E-state index contributed by atoms with van der Waals surface area (Å²) in [6, 6.07) is 22.5. The molecule has 148 valence electrons. The Bertz CT molecular complexity index is 1530. The molecule has 31 heavy (non-hydrogen) atoms. The van der Waals surface area contributed by atoms with E-state index < -0.39 is 0 Å². The molecule has 5 nitrogen and oxygen atoms in total. The molecule has 6 rings (SSSR count). The highest BCUT2D eigenvalue weighted by molar-refractivity contribution is 6.00. The van der Waals surface area contributed by atoms with Crippen LogP contribution in [0.2, 0.25) is 0 Å². The molecule has 6 aromatic rings. The molecular weight excluding hydrogens is 389 g/mol. The van der Waals surface area contributed by atoms with Crippen molar-refractivity contribution in [2.24, 2.45) is 0 Å². The zero-order valence-corrected chi connectivity index (χ0v) is 16.3. The maximum Gasteiger partial charge on any atom is 0.135 e. The lowest BCUT2D eigenvalue weighted by Gasteiger charge is -2.03. The SMILES string of the molecule is Fc1ccc(-c2cccc3[nH]c(-c4n[nH]c5ccc(-c6cccnc6)nc45)cc23)cc1. The second-order valence-corrected chi connectivity index (χ2v) is 7.36. The summed E-state index contributed by atoms with van der Waals surface area (Å²) < 4.78 is 13.4. The van der Waals surface area contributed by atoms with Crippen LogP contribution in [0, 0.1) is 5.82 Å². The van der Waals surface area contributed by atoms with Gasteiger partial charge >= 0.3 is 0 Å². The van der Waals surface area contributed by atoms with Crippen molar-refractivity contribution in [1.82, 2.24) is 25.1 Å². The van der Waals surface area contributed by atoms with Crippen molar-refractivity contribution in [3.05, 3.63) is 91.0 Å². The first-order chi connectivity index (χ1) is 15.3. The molecule has 0 saturated carbocycles. The van der Waals surface area contributed by atoms with Gasteiger partial charge in [-0.2, -0.15) is 5.10 Å². The first-order valence-electron chi connectivity index (χ1n) is 9.90. The van der Waals surface area contributed by atoms with Gasteiger partial charge in [-0.25, -0.2) is 9.37 Å². The molecule has 0 bridgehead atoms. The Balaban J connectivity index is 1.51. The standard InChI is InChI=1S/C25H16FN5/c26-17-8-6-15(7-9-17)18-4-1-5-21-19(18)13-23(28-21)25-24-22(30-31-25)11-10-20(29-24)16-3-2-12-27-14-16/h1-14,28H,(H,30,31). The lowest BCUT2D eigenvalue weighted by atomic mass is 10.0. The number of hydrogen-bond donors (Lipinski definition) is 2. The highest BCUT2D eigenvalue weighted by Crippen LogP contribution is 2.34. The molecule has 2 aromatic carbocycles. The van der Waals surface area contributed by atoms with Crippen LogP contribution in [0.15, 0.2) is 85.2 Å². The van der Waals surface area contributed by atoms with E-state index in [-0.39, 0.29) is 5.82 Å². The third-order valence-corrected chi connectivity index (χ3v) is 5.44. The lowest BCUT2D eigenvalue weighted by Crippen LogP contribution is -1.86. The smallest absolute Gasteiger partial charge is 0.135 e. The summed E-state index contributed by atoms with van der Waals surface area (Å²) in [5, 5.41) is 8.64. The molecule has 6 heteroatoms. The van der Waals surface area contributed by atoms with Crippen LogP contribution in [0.5, 0.6) is 0 Å². The minimum atomic E-state index is -0.246. The highest BCUT2D eigenvalue weighted by Gasteiger charge is 2.15. The maximum atomic E-state index is 13.4. The maximum absolute atomic E-state index is 13.4. The lowest BCUT2D eigenvalue weighted by molar-refractivity contribution is 0.628. The predicted molar refractivity (Wildman–Crippen MR) is 120 cm³/mol. The van der Waals surface area contributed by atoms with Gasteiger partial charge in [0.15, 0.2) is 0 Å². The Morgan fingerprint density at radius 1 is 0.806 bits per heavy atom. The van der Waals surface area contributed by atoms with Crippen molar-refractivity contribution in [2.45, 2.75) is 0 Å². The fourth-order valence-corrected chi connectivity index (χ4v) is 3.93. The number of rotatable bonds is 3. The summed E-state index contributed by atoms with van der Waals surface area (Å²) in [6.45, 7) is 0. The molecule has 2 N–H and O–H groups in total. The molecule has 0 aliphatic carbocycles. The van der Waals surface area contributed by atoms with E-state index in [1.54, 1.807) is 24.5 Å². The van der Waals surface area contributed by atoms with E-state index in [0.29, 0.717) is 0 Å². The molecule has 0 atom stereocenters. The summed E-state index contributed by atoms with van der Waals surface area (Å²) >= 11 is 0. The van der Waals surface area contributed by atoms with E-state index >= 15 is 0 Å². The zero-order chi connectivity index (χ0) is 20.8.